The van der Waals surface area contributed by atoms with Crippen LogP contribution in [-0.4, -0.2) is 13.4 Å². The number of halogens is 1. The van der Waals surface area contributed by atoms with Crippen LogP contribution >= 0.6 is 22.9 Å². The molecule has 0 unspecified atom stereocenters. The van der Waals surface area contributed by atoms with Crippen molar-refractivity contribution in [2.75, 3.05) is 10.0 Å². The summed E-state index contributed by atoms with van der Waals surface area (Å²) in [5.74, 6) is 0.772. The minimum atomic E-state index is -3.71. The van der Waals surface area contributed by atoms with Crippen LogP contribution in [0.15, 0.2) is 70.9 Å². The number of pyridine rings is 1. The Kier molecular flexibility index (Phi) is 4.89. The SMILES string of the molecule is O=S(=O)(Nc1cccc2nc(N[C@@H]3CCc4ccccc43)ccc12)c1ccc(Cl)s1. The first-order valence-electron chi connectivity index (χ1n) is 9.52. The van der Waals surface area contributed by atoms with Gasteiger partial charge in [-0.2, -0.15) is 0 Å². The fourth-order valence-electron chi connectivity index (χ4n) is 3.85. The molecule has 1 aliphatic carbocycles. The van der Waals surface area contributed by atoms with Gasteiger partial charge in [-0.1, -0.05) is 41.9 Å². The Bertz CT molecular complexity index is 1350. The highest BCUT2D eigenvalue weighted by atomic mass is 35.5. The van der Waals surface area contributed by atoms with Crippen molar-refractivity contribution in [2.24, 2.45) is 0 Å². The topological polar surface area (TPSA) is 71.1 Å². The van der Waals surface area contributed by atoms with Crippen LogP contribution in [-0.2, 0) is 16.4 Å². The second-order valence-electron chi connectivity index (χ2n) is 7.17. The monoisotopic (exact) mass is 455 g/mol. The first kappa shape index (κ1) is 19.4. The molecule has 30 heavy (non-hydrogen) atoms. The Morgan fingerprint density at radius 2 is 1.87 bits per heavy atom. The number of hydrogen-bond donors (Lipinski definition) is 2. The predicted octanol–water partition coefficient (Wildman–Crippen LogP) is 5.85. The van der Waals surface area contributed by atoms with Crippen LogP contribution in [0, 0.1) is 0 Å². The number of aromatic nitrogens is 1. The second kappa shape index (κ2) is 7.58. The van der Waals surface area contributed by atoms with E-state index >= 15 is 0 Å². The maximum atomic E-state index is 12.7. The Balaban J connectivity index is 1.43. The molecule has 0 aliphatic heterocycles. The van der Waals surface area contributed by atoms with Crippen molar-refractivity contribution >= 4 is 55.4 Å². The van der Waals surface area contributed by atoms with Crippen LogP contribution in [0.1, 0.15) is 23.6 Å². The van der Waals surface area contributed by atoms with Crippen molar-refractivity contribution in [3.8, 4) is 0 Å². The minimum Gasteiger partial charge on any atom is -0.363 e. The van der Waals surface area contributed by atoms with Gasteiger partial charge in [0.1, 0.15) is 10.0 Å². The van der Waals surface area contributed by atoms with Gasteiger partial charge in [0.2, 0.25) is 0 Å². The Hall–Kier alpha value is -2.61. The highest BCUT2D eigenvalue weighted by Gasteiger charge is 2.22. The summed E-state index contributed by atoms with van der Waals surface area (Å²) >= 11 is 6.92. The molecule has 1 aliphatic rings. The minimum absolute atomic E-state index is 0.177. The molecule has 2 aromatic heterocycles. The first-order valence-corrected chi connectivity index (χ1v) is 12.2. The molecule has 152 valence electrons. The van der Waals surface area contributed by atoms with E-state index in [1.54, 1.807) is 18.2 Å². The second-order valence-corrected chi connectivity index (χ2v) is 10.8. The predicted molar refractivity (Wildman–Crippen MR) is 123 cm³/mol. The van der Waals surface area contributed by atoms with E-state index in [2.05, 4.69) is 34.3 Å². The average molecular weight is 456 g/mol. The highest BCUT2D eigenvalue weighted by Crippen LogP contribution is 2.34. The van der Waals surface area contributed by atoms with Gasteiger partial charge in [-0.15, -0.1) is 11.3 Å². The molecular weight excluding hydrogens is 438 g/mol. The summed E-state index contributed by atoms with van der Waals surface area (Å²) < 4.78 is 28.6. The molecule has 0 amide bonds. The quantitative estimate of drug-likeness (QED) is 0.396. The maximum absolute atomic E-state index is 12.7. The number of benzene rings is 2. The van der Waals surface area contributed by atoms with E-state index in [0.717, 1.165) is 40.9 Å². The number of nitrogens with one attached hydrogen (secondary N) is 2. The van der Waals surface area contributed by atoms with E-state index < -0.39 is 10.0 Å². The van der Waals surface area contributed by atoms with Crippen molar-refractivity contribution in [2.45, 2.75) is 23.1 Å². The van der Waals surface area contributed by atoms with Crippen molar-refractivity contribution in [1.82, 2.24) is 4.98 Å². The molecule has 0 saturated carbocycles. The Morgan fingerprint density at radius 1 is 1.00 bits per heavy atom. The van der Waals surface area contributed by atoms with E-state index in [1.165, 1.54) is 17.2 Å². The molecule has 0 radical (unpaired) electrons. The summed E-state index contributed by atoms with van der Waals surface area (Å²) in [7, 11) is -3.71. The highest BCUT2D eigenvalue weighted by molar-refractivity contribution is 7.94. The van der Waals surface area contributed by atoms with E-state index in [0.29, 0.717) is 10.0 Å². The fraction of sp³-hybridized carbons (Fsp3) is 0.136. The molecule has 2 aromatic carbocycles. The molecule has 0 fully saturated rings. The zero-order valence-electron chi connectivity index (χ0n) is 15.8. The van der Waals surface area contributed by atoms with Gasteiger partial charge in [0, 0.05) is 5.39 Å². The molecule has 5 nitrogen and oxygen atoms in total. The maximum Gasteiger partial charge on any atom is 0.271 e. The third kappa shape index (κ3) is 3.64. The molecule has 8 heteroatoms. The standard InChI is InChI=1S/C22H18ClN3O2S2/c23-20-11-13-22(29-20)30(27,28)26-19-7-3-6-17-16(19)9-12-21(24-17)25-18-10-8-14-4-1-2-5-15(14)18/h1-7,9,11-13,18,26H,8,10H2,(H,24,25)/t18-/m1/s1. The number of fused-ring (bicyclic) bond motifs is 2. The lowest BCUT2D eigenvalue weighted by molar-refractivity contribution is 0.603. The summed E-state index contributed by atoms with van der Waals surface area (Å²) in [5.41, 5.74) is 3.90. The van der Waals surface area contributed by atoms with Crippen LogP contribution in [0.3, 0.4) is 0 Å². The number of aryl methyl sites for hydroxylation is 1. The number of thiophene rings is 1. The van der Waals surface area contributed by atoms with Crippen molar-refractivity contribution in [1.29, 1.82) is 0 Å². The van der Waals surface area contributed by atoms with Crippen molar-refractivity contribution < 1.29 is 8.42 Å². The van der Waals surface area contributed by atoms with E-state index in [9.17, 15) is 8.42 Å². The van der Waals surface area contributed by atoms with Crippen LogP contribution in [0.5, 0.6) is 0 Å². The van der Waals surface area contributed by atoms with Crippen molar-refractivity contribution in [3.05, 3.63) is 82.2 Å². The summed E-state index contributed by atoms with van der Waals surface area (Å²) in [5, 5.41) is 4.26. The third-order valence-electron chi connectivity index (χ3n) is 5.24. The van der Waals surface area contributed by atoms with Crippen LogP contribution in [0.4, 0.5) is 11.5 Å². The smallest absolute Gasteiger partial charge is 0.271 e. The molecule has 5 rings (SSSR count). The van der Waals surface area contributed by atoms with E-state index in [-0.39, 0.29) is 10.3 Å². The molecule has 2 N–H and O–H groups in total. The molecule has 0 bridgehead atoms. The first-order chi connectivity index (χ1) is 14.5. The zero-order valence-corrected chi connectivity index (χ0v) is 18.2. The van der Waals surface area contributed by atoms with Crippen LogP contribution in [0.25, 0.3) is 10.9 Å². The van der Waals surface area contributed by atoms with Gasteiger partial charge >= 0.3 is 0 Å². The summed E-state index contributed by atoms with van der Waals surface area (Å²) in [6.07, 6.45) is 2.09. The van der Waals surface area contributed by atoms with Gasteiger partial charge in [-0.05, 0) is 60.4 Å². The number of sulfonamides is 1. The summed E-state index contributed by atoms with van der Waals surface area (Å²) in [4.78, 5) is 4.71. The molecule has 0 saturated heterocycles. The van der Waals surface area contributed by atoms with Gasteiger partial charge < -0.3 is 5.32 Å². The van der Waals surface area contributed by atoms with Crippen LogP contribution < -0.4 is 10.0 Å². The lowest BCUT2D eigenvalue weighted by Crippen LogP contribution is -2.12. The Labute approximate surface area is 183 Å². The molecule has 4 aromatic rings. The third-order valence-corrected chi connectivity index (χ3v) is 8.33. The van der Waals surface area contributed by atoms with Gasteiger partial charge in [-0.3, -0.25) is 4.72 Å². The number of hydrogen-bond acceptors (Lipinski definition) is 5. The van der Waals surface area contributed by atoms with Gasteiger partial charge in [0.05, 0.1) is 21.6 Å². The Morgan fingerprint density at radius 3 is 2.70 bits per heavy atom. The lowest BCUT2D eigenvalue weighted by Gasteiger charge is -2.16. The lowest BCUT2D eigenvalue weighted by atomic mass is 10.1. The number of nitrogens with zero attached hydrogens (tertiary/aromatic N) is 1. The number of anilines is 2. The summed E-state index contributed by atoms with van der Waals surface area (Å²) in [6, 6.07) is 21.0. The normalized spacial score (nSPS) is 15.8. The average Bonchev–Trinajstić information content (AvgIpc) is 3.35. The summed E-state index contributed by atoms with van der Waals surface area (Å²) in [6.45, 7) is 0. The van der Waals surface area contributed by atoms with Crippen molar-refractivity contribution in [3.63, 3.8) is 0 Å². The van der Waals surface area contributed by atoms with Gasteiger partial charge in [0.15, 0.2) is 0 Å². The van der Waals surface area contributed by atoms with Crippen LogP contribution in [0.2, 0.25) is 4.34 Å². The van der Waals surface area contributed by atoms with E-state index in [4.69, 9.17) is 16.6 Å². The molecular formula is C22H18ClN3O2S2. The van der Waals surface area contributed by atoms with Gasteiger partial charge in [0.25, 0.3) is 10.0 Å². The molecule has 2 heterocycles. The molecule has 1 atom stereocenters. The largest absolute Gasteiger partial charge is 0.363 e. The number of rotatable bonds is 5. The fourth-order valence-corrected chi connectivity index (χ4v) is 6.41. The van der Waals surface area contributed by atoms with E-state index in [1.807, 2.05) is 18.2 Å². The van der Waals surface area contributed by atoms with Gasteiger partial charge in [-0.25, -0.2) is 13.4 Å². The zero-order chi connectivity index (χ0) is 20.7. The molecule has 0 spiro atoms.